The topological polar surface area (TPSA) is 45.2 Å². The van der Waals surface area contributed by atoms with E-state index in [2.05, 4.69) is 42.2 Å². The first-order chi connectivity index (χ1) is 7.41. The number of anilines is 1. The lowest BCUT2D eigenvalue weighted by Crippen LogP contribution is -2.36. The van der Waals surface area contributed by atoms with Crippen molar-refractivity contribution in [1.82, 2.24) is 9.88 Å². The maximum Gasteiger partial charge on any atom is 0.244 e. The number of pyridine rings is 1. The molecular formula is C10H13Br2N3O. The van der Waals surface area contributed by atoms with Gasteiger partial charge in [0.1, 0.15) is 11.9 Å². The molecule has 0 fully saturated rings. The third kappa shape index (κ3) is 3.45. The first-order valence-corrected chi connectivity index (χ1v) is 6.29. The van der Waals surface area contributed by atoms with Gasteiger partial charge < -0.3 is 10.2 Å². The van der Waals surface area contributed by atoms with Crippen LogP contribution in [-0.4, -0.2) is 35.9 Å². The van der Waals surface area contributed by atoms with Crippen LogP contribution in [0.2, 0.25) is 0 Å². The first kappa shape index (κ1) is 13.4. The van der Waals surface area contributed by atoms with Crippen LogP contribution < -0.4 is 5.32 Å². The van der Waals surface area contributed by atoms with Crippen LogP contribution in [0.1, 0.15) is 6.92 Å². The summed E-state index contributed by atoms with van der Waals surface area (Å²) in [5.41, 5.74) is 0. The number of halogens is 2. The van der Waals surface area contributed by atoms with Crippen molar-refractivity contribution in [2.75, 3.05) is 19.4 Å². The molecule has 1 unspecified atom stereocenters. The lowest BCUT2D eigenvalue weighted by atomic mass is 10.3. The molecule has 0 aliphatic rings. The zero-order chi connectivity index (χ0) is 12.3. The molecule has 6 heteroatoms. The molecular weight excluding hydrogens is 338 g/mol. The number of hydrogen-bond acceptors (Lipinski definition) is 3. The summed E-state index contributed by atoms with van der Waals surface area (Å²) in [4.78, 5) is 17.4. The van der Waals surface area contributed by atoms with Gasteiger partial charge in [0.15, 0.2) is 0 Å². The third-order valence-corrected chi connectivity index (χ3v) is 3.01. The SMILES string of the molecule is CC(Nc1ncc(Br)cc1Br)C(=O)N(C)C. The number of aromatic nitrogens is 1. The standard InChI is InChI=1S/C10H13Br2N3O/c1-6(10(16)15(2)3)14-9-8(12)4-7(11)5-13-9/h4-6H,1-3H3,(H,13,14). The molecule has 1 aromatic heterocycles. The lowest BCUT2D eigenvalue weighted by Gasteiger charge is -2.19. The van der Waals surface area contributed by atoms with Crippen LogP contribution in [0.25, 0.3) is 0 Å². The molecule has 0 saturated heterocycles. The van der Waals surface area contributed by atoms with E-state index >= 15 is 0 Å². The smallest absolute Gasteiger partial charge is 0.244 e. The van der Waals surface area contributed by atoms with Gasteiger partial charge in [0.05, 0.1) is 4.47 Å². The monoisotopic (exact) mass is 349 g/mol. The van der Waals surface area contributed by atoms with Crippen LogP contribution in [0.4, 0.5) is 5.82 Å². The van der Waals surface area contributed by atoms with Crippen molar-refractivity contribution in [3.63, 3.8) is 0 Å². The highest BCUT2D eigenvalue weighted by Crippen LogP contribution is 2.23. The maximum absolute atomic E-state index is 11.6. The molecule has 1 amide bonds. The van der Waals surface area contributed by atoms with E-state index in [1.165, 1.54) is 0 Å². The van der Waals surface area contributed by atoms with Crippen molar-refractivity contribution in [3.8, 4) is 0 Å². The highest BCUT2D eigenvalue weighted by Gasteiger charge is 2.16. The largest absolute Gasteiger partial charge is 0.358 e. The van der Waals surface area contributed by atoms with Gasteiger partial charge in [-0.3, -0.25) is 4.79 Å². The predicted molar refractivity (Wildman–Crippen MR) is 71.4 cm³/mol. The van der Waals surface area contributed by atoms with Crippen molar-refractivity contribution in [1.29, 1.82) is 0 Å². The van der Waals surface area contributed by atoms with Crippen molar-refractivity contribution in [2.24, 2.45) is 0 Å². The zero-order valence-corrected chi connectivity index (χ0v) is 12.5. The summed E-state index contributed by atoms with van der Waals surface area (Å²) in [6.45, 7) is 1.80. The first-order valence-electron chi connectivity index (χ1n) is 4.70. The lowest BCUT2D eigenvalue weighted by molar-refractivity contribution is -0.129. The van der Waals surface area contributed by atoms with E-state index in [9.17, 15) is 4.79 Å². The Morgan fingerprint density at radius 3 is 2.62 bits per heavy atom. The number of carbonyl (C=O) groups excluding carboxylic acids is 1. The minimum absolute atomic E-state index is 0.0108. The summed E-state index contributed by atoms with van der Waals surface area (Å²) in [6, 6.07) is 1.57. The summed E-state index contributed by atoms with van der Waals surface area (Å²) >= 11 is 6.70. The Bertz CT molecular complexity index is 396. The number of carbonyl (C=O) groups is 1. The fourth-order valence-corrected chi connectivity index (χ4v) is 2.28. The van der Waals surface area contributed by atoms with Crippen molar-refractivity contribution in [2.45, 2.75) is 13.0 Å². The van der Waals surface area contributed by atoms with E-state index < -0.39 is 0 Å². The maximum atomic E-state index is 11.6. The zero-order valence-electron chi connectivity index (χ0n) is 9.29. The second-order valence-corrected chi connectivity index (χ2v) is 5.35. The second kappa shape index (κ2) is 5.63. The van der Waals surface area contributed by atoms with Crippen molar-refractivity contribution in [3.05, 3.63) is 21.2 Å². The van der Waals surface area contributed by atoms with Crippen LogP contribution in [0.15, 0.2) is 21.2 Å². The van der Waals surface area contributed by atoms with Crippen molar-refractivity contribution >= 4 is 43.6 Å². The van der Waals surface area contributed by atoms with E-state index in [1.807, 2.05) is 6.07 Å². The van der Waals surface area contributed by atoms with Gasteiger partial charge >= 0.3 is 0 Å². The van der Waals surface area contributed by atoms with E-state index in [4.69, 9.17) is 0 Å². The molecule has 0 saturated carbocycles. The molecule has 4 nitrogen and oxygen atoms in total. The van der Waals surface area contributed by atoms with E-state index in [0.717, 1.165) is 8.95 Å². The molecule has 1 atom stereocenters. The molecule has 0 spiro atoms. The summed E-state index contributed by atoms with van der Waals surface area (Å²) in [5.74, 6) is 0.669. The van der Waals surface area contributed by atoms with Gasteiger partial charge in [0, 0.05) is 24.8 Å². The van der Waals surface area contributed by atoms with Gasteiger partial charge in [0.25, 0.3) is 0 Å². The molecule has 0 aromatic carbocycles. The highest BCUT2D eigenvalue weighted by molar-refractivity contribution is 9.11. The van der Waals surface area contributed by atoms with Crippen LogP contribution in [0.3, 0.4) is 0 Å². The molecule has 88 valence electrons. The molecule has 0 radical (unpaired) electrons. The minimum atomic E-state index is -0.306. The van der Waals surface area contributed by atoms with E-state index in [-0.39, 0.29) is 11.9 Å². The average molecular weight is 351 g/mol. The van der Waals surface area contributed by atoms with Crippen molar-refractivity contribution < 1.29 is 4.79 Å². The quantitative estimate of drug-likeness (QED) is 0.910. The number of amides is 1. The Labute approximate surface area is 112 Å². The minimum Gasteiger partial charge on any atom is -0.358 e. The van der Waals surface area contributed by atoms with Crippen LogP contribution in [0.5, 0.6) is 0 Å². The predicted octanol–water partition coefficient (Wildman–Crippen LogP) is 2.50. The van der Waals surface area contributed by atoms with Gasteiger partial charge in [-0.25, -0.2) is 4.98 Å². The van der Waals surface area contributed by atoms with Gasteiger partial charge in [0.2, 0.25) is 5.91 Å². The fraction of sp³-hybridized carbons (Fsp3) is 0.400. The number of nitrogens with zero attached hydrogens (tertiary/aromatic N) is 2. The molecule has 1 N–H and O–H groups in total. The van der Waals surface area contributed by atoms with Gasteiger partial charge in [-0.1, -0.05) is 0 Å². The molecule has 1 heterocycles. The van der Waals surface area contributed by atoms with E-state index in [0.29, 0.717) is 5.82 Å². The van der Waals surface area contributed by atoms with Crippen LogP contribution in [0, 0.1) is 0 Å². The highest BCUT2D eigenvalue weighted by atomic mass is 79.9. The number of nitrogens with one attached hydrogen (secondary N) is 1. The average Bonchev–Trinajstić information content (AvgIpc) is 2.20. The number of likely N-dealkylation sites (N-methyl/N-ethyl adjacent to an activating group) is 1. The summed E-state index contributed by atoms with van der Waals surface area (Å²) in [7, 11) is 3.45. The second-order valence-electron chi connectivity index (χ2n) is 3.58. The summed E-state index contributed by atoms with van der Waals surface area (Å²) < 4.78 is 1.71. The Hall–Kier alpha value is -0.620. The molecule has 0 aliphatic carbocycles. The summed E-state index contributed by atoms with van der Waals surface area (Å²) in [5, 5.41) is 3.05. The van der Waals surface area contributed by atoms with Gasteiger partial charge in [-0.05, 0) is 44.8 Å². The Morgan fingerprint density at radius 2 is 2.12 bits per heavy atom. The summed E-state index contributed by atoms with van der Waals surface area (Å²) in [6.07, 6.45) is 1.68. The Balaban J connectivity index is 2.77. The van der Waals surface area contributed by atoms with E-state index in [1.54, 1.807) is 32.1 Å². The molecule has 0 aliphatic heterocycles. The van der Waals surface area contributed by atoms with Crippen LogP contribution >= 0.6 is 31.9 Å². The van der Waals surface area contributed by atoms with Gasteiger partial charge in [-0.2, -0.15) is 0 Å². The molecule has 1 aromatic rings. The third-order valence-electron chi connectivity index (χ3n) is 1.97. The van der Waals surface area contributed by atoms with Gasteiger partial charge in [-0.15, -0.1) is 0 Å². The number of rotatable bonds is 3. The molecule has 16 heavy (non-hydrogen) atoms. The number of hydrogen-bond donors (Lipinski definition) is 1. The Kier molecular flexibility index (Phi) is 4.73. The van der Waals surface area contributed by atoms with Crippen LogP contribution in [-0.2, 0) is 4.79 Å². The molecule has 1 rings (SSSR count). The fourth-order valence-electron chi connectivity index (χ4n) is 1.17. The Morgan fingerprint density at radius 1 is 1.50 bits per heavy atom. The molecule has 0 bridgehead atoms. The normalized spacial score (nSPS) is 12.1.